The standard InChI is InChI=1S/C15H26N4O2/c1-16-15(18-9-5-11-21-13-12-20-2)19-10-7-14-6-3-4-8-17-14/h3-4,6,8H,5,7,9-13H2,1-2H3,(H2,16,18,19). The Morgan fingerprint density at radius 1 is 1.19 bits per heavy atom. The third-order valence-electron chi connectivity index (χ3n) is 2.81. The summed E-state index contributed by atoms with van der Waals surface area (Å²) in [5.74, 6) is 0.808. The molecule has 0 fully saturated rings. The van der Waals surface area contributed by atoms with Crippen molar-refractivity contribution >= 4 is 5.96 Å². The lowest BCUT2D eigenvalue weighted by atomic mass is 10.3. The molecule has 1 aromatic rings. The summed E-state index contributed by atoms with van der Waals surface area (Å²) >= 11 is 0. The van der Waals surface area contributed by atoms with Gasteiger partial charge < -0.3 is 20.1 Å². The zero-order valence-electron chi connectivity index (χ0n) is 13.0. The average Bonchev–Trinajstić information content (AvgIpc) is 2.53. The summed E-state index contributed by atoms with van der Waals surface area (Å²) in [6.45, 7) is 3.65. The second-order valence-electron chi connectivity index (χ2n) is 4.46. The molecule has 0 atom stereocenters. The fraction of sp³-hybridized carbons (Fsp3) is 0.600. The number of nitrogens with one attached hydrogen (secondary N) is 2. The van der Waals surface area contributed by atoms with Gasteiger partial charge in [0.05, 0.1) is 13.2 Å². The third-order valence-corrected chi connectivity index (χ3v) is 2.81. The molecule has 0 saturated heterocycles. The zero-order valence-corrected chi connectivity index (χ0v) is 13.0. The number of hydrogen-bond acceptors (Lipinski definition) is 4. The van der Waals surface area contributed by atoms with E-state index in [4.69, 9.17) is 9.47 Å². The minimum Gasteiger partial charge on any atom is -0.382 e. The van der Waals surface area contributed by atoms with Crippen LogP contribution in [0.5, 0.6) is 0 Å². The summed E-state index contributed by atoms with van der Waals surface area (Å²) in [6.07, 6.45) is 3.62. The lowest BCUT2D eigenvalue weighted by molar-refractivity contribution is 0.0698. The lowest BCUT2D eigenvalue weighted by Gasteiger charge is -2.11. The fourth-order valence-corrected chi connectivity index (χ4v) is 1.70. The van der Waals surface area contributed by atoms with Gasteiger partial charge in [0, 0.05) is 52.2 Å². The quantitative estimate of drug-likeness (QED) is 0.380. The molecule has 0 spiro atoms. The molecule has 0 unspecified atom stereocenters. The van der Waals surface area contributed by atoms with E-state index < -0.39 is 0 Å². The highest BCUT2D eigenvalue weighted by atomic mass is 16.5. The van der Waals surface area contributed by atoms with Crippen LogP contribution in [0.1, 0.15) is 12.1 Å². The van der Waals surface area contributed by atoms with E-state index in [-0.39, 0.29) is 0 Å². The summed E-state index contributed by atoms with van der Waals surface area (Å²) in [5, 5.41) is 6.52. The molecule has 1 heterocycles. The molecule has 1 rings (SSSR count). The molecule has 0 saturated carbocycles. The maximum Gasteiger partial charge on any atom is 0.190 e. The van der Waals surface area contributed by atoms with Crippen molar-refractivity contribution in [2.24, 2.45) is 4.99 Å². The van der Waals surface area contributed by atoms with Crippen LogP contribution in [0.3, 0.4) is 0 Å². The van der Waals surface area contributed by atoms with Crippen molar-refractivity contribution in [1.82, 2.24) is 15.6 Å². The maximum atomic E-state index is 5.39. The predicted octanol–water partition coefficient (Wildman–Crippen LogP) is 0.842. The molecule has 0 aromatic carbocycles. The van der Waals surface area contributed by atoms with Gasteiger partial charge >= 0.3 is 0 Å². The molecule has 0 aliphatic heterocycles. The molecule has 6 nitrogen and oxygen atoms in total. The summed E-state index contributed by atoms with van der Waals surface area (Å²) < 4.78 is 10.3. The molecule has 118 valence electrons. The Bertz CT molecular complexity index is 385. The van der Waals surface area contributed by atoms with Gasteiger partial charge in [-0.2, -0.15) is 0 Å². The van der Waals surface area contributed by atoms with Gasteiger partial charge in [0.15, 0.2) is 5.96 Å². The van der Waals surface area contributed by atoms with E-state index in [0.29, 0.717) is 13.2 Å². The van der Waals surface area contributed by atoms with Crippen molar-refractivity contribution in [2.45, 2.75) is 12.8 Å². The number of guanidine groups is 1. The number of aromatic nitrogens is 1. The van der Waals surface area contributed by atoms with Crippen molar-refractivity contribution in [3.8, 4) is 0 Å². The van der Waals surface area contributed by atoms with E-state index in [2.05, 4.69) is 20.6 Å². The van der Waals surface area contributed by atoms with Crippen LogP contribution in [0.15, 0.2) is 29.4 Å². The minimum absolute atomic E-state index is 0.643. The summed E-state index contributed by atoms with van der Waals surface area (Å²) in [4.78, 5) is 8.47. The highest BCUT2D eigenvalue weighted by Gasteiger charge is 1.98. The minimum atomic E-state index is 0.643. The van der Waals surface area contributed by atoms with Crippen LogP contribution in [0.2, 0.25) is 0 Å². The van der Waals surface area contributed by atoms with E-state index in [1.54, 1.807) is 14.2 Å². The van der Waals surface area contributed by atoms with Gasteiger partial charge in [-0.3, -0.25) is 9.98 Å². The first kappa shape index (κ1) is 17.4. The Morgan fingerprint density at radius 3 is 2.76 bits per heavy atom. The maximum absolute atomic E-state index is 5.39. The molecule has 0 aliphatic rings. The number of pyridine rings is 1. The van der Waals surface area contributed by atoms with E-state index in [9.17, 15) is 0 Å². The van der Waals surface area contributed by atoms with Crippen LogP contribution in [-0.4, -0.2) is 58.0 Å². The number of aliphatic imine (C=N–C) groups is 1. The Morgan fingerprint density at radius 2 is 2.05 bits per heavy atom. The van der Waals surface area contributed by atoms with Crippen LogP contribution in [-0.2, 0) is 15.9 Å². The van der Waals surface area contributed by atoms with Crippen molar-refractivity contribution in [3.05, 3.63) is 30.1 Å². The van der Waals surface area contributed by atoms with Crippen molar-refractivity contribution in [3.63, 3.8) is 0 Å². The van der Waals surface area contributed by atoms with Gasteiger partial charge in [0.25, 0.3) is 0 Å². The largest absolute Gasteiger partial charge is 0.382 e. The summed E-state index contributed by atoms with van der Waals surface area (Å²) in [5.41, 5.74) is 1.08. The van der Waals surface area contributed by atoms with Crippen LogP contribution in [0.25, 0.3) is 0 Å². The highest BCUT2D eigenvalue weighted by molar-refractivity contribution is 5.79. The van der Waals surface area contributed by atoms with Gasteiger partial charge in [-0.25, -0.2) is 0 Å². The number of methoxy groups -OCH3 is 1. The topological polar surface area (TPSA) is 67.8 Å². The van der Waals surface area contributed by atoms with Gasteiger partial charge in [0.2, 0.25) is 0 Å². The van der Waals surface area contributed by atoms with Crippen LogP contribution < -0.4 is 10.6 Å². The monoisotopic (exact) mass is 294 g/mol. The lowest BCUT2D eigenvalue weighted by Crippen LogP contribution is -2.39. The zero-order chi connectivity index (χ0) is 15.2. The van der Waals surface area contributed by atoms with Crippen molar-refractivity contribution in [1.29, 1.82) is 0 Å². The molecule has 1 aromatic heterocycles. The number of nitrogens with zero attached hydrogens (tertiary/aromatic N) is 2. The fourth-order valence-electron chi connectivity index (χ4n) is 1.70. The van der Waals surface area contributed by atoms with Gasteiger partial charge in [-0.05, 0) is 18.6 Å². The molecular formula is C15H26N4O2. The van der Waals surface area contributed by atoms with E-state index >= 15 is 0 Å². The van der Waals surface area contributed by atoms with Crippen LogP contribution >= 0.6 is 0 Å². The number of hydrogen-bond donors (Lipinski definition) is 2. The molecule has 21 heavy (non-hydrogen) atoms. The number of ether oxygens (including phenoxy) is 2. The molecule has 0 aliphatic carbocycles. The second kappa shape index (κ2) is 12.1. The first-order valence-electron chi connectivity index (χ1n) is 7.28. The Hall–Kier alpha value is -1.66. The number of rotatable bonds is 10. The average molecular weight is 294 g/mol. The summed E-state index contributed by atoms with van der Waals surface area (Å²) in [7, 11) is 3.44. The normalized spacial score (nSPS) is 11.4. The Kier molecular flexibility index (Phi) is 10.0. The second-order valence-corrected chi connectivity index (χ2v) is 4.46. The third kappa shape index (κ3) is 8.99. The molecule has 6 heteroatoms. The first-order chi connectivity index (χ1) is 10.4. The van der Waals surface area contributed by atoms with E-state index in [0.717, 1.165) is 44.2 Å². The van der Waals surface area contributed by atoms with Crippen LogP contribution in [0.4, 0.5) is 0 Å². The Labute approximate surface area is 127 Å². The Balaban J connectivity index is 2.04. The predicted molar refractivity (Wildman–Crippen MR) is 84.6 cm³/mol. The van der Waals surface area contributed by atoms with Gasteiger partial charge in [0.1, 0.15) is 0 Å². The van der Waals surface area contributed by atoms with Gasteiger partial charge in [-0.1, -0.05) is 6.07 Å². The molecule has 2 N–H and O–H groups in total. The smallest absolute Gasteiger partial charge is 0.190 e. The summed E-state index contributed by atoms with van der Waals surface area (Å²) in [6, 6.07) is 5.94. The van der Waals surface area contributed by atoms with E-state index in [1.807, 2.05) is 24.4 Å². The van der Waals surface area contributed by atoms with Gasteiger partial charge in [-0.15, -0.1) is 0 Å². The molecule has 0 bridgehead atoms. The molecule has 0 amide bonds. The molecular weight excluding hydrogens is 268 g/mol. The van der Waals surface area contributed by atoms with E-state index in [1.165, 1.54) is 0 Å². The SMILES string of the molecule is CN=C(NCCCOCCOC)NCCc1ccccn1. The molecule has 0 radical (unpaired) electrons. The van der Waals surface area contributed by atoms with Crippen molar-refractivity contribution in [2.75, 3.05) is 47.1 Å². The van der Waals surface area contributed by atoms with Crippen LogP contribution in [0, 0.1) is 0 Å². The van der Waals surface area contributed by atoms with Crippen molar-refractivity contribution < 1.29 is 9.47 Å². The highest BCUT2D eigenvalue weighted by Crippen LogP contribution is 1.92. The first-order valence-corrected chi connectivity index (χ1v) is 7.28.